The first-order chi connectivity index (χ1) is 14.1. The second-order valence-corrected chi connectivity index (χ2v) is 6.84. The zero-order valence-electron chi connectivity index (χ0n) is 15.5. The summed E-state index contributed by atoms with van der Waals surface area (Å²) in [5, 5.41) is 14.9. The minimum absolute atomic E-state index is 0.0271. The lowest BCUT2D eigenvalue weighted by atomic mass is 10.2. The molecular weight excluding hydrogens is 438 g/mol. The van der Waals surface area contributed by atoms with Crippen molar-refractivity contribution >= 4 is 33.5 Å². The number of nitrogens with zero attached hydrogens (tertiary/aromatic N) is 2. The largest absolute Gasteiger partial charge is 0.493 e. The summed E-state index contributed by atoms with van der Waals surface area (Å²) in [4.78, 5) is 10.2. The van der Waals surface area contributed by atoms with E-state index in [0.29, 0.717) is 23.8 Å². The highest BCUT2D eigenvalue weighted by molar-refractivity contribution is 9.10. The molecule has 0 radical (unpaired) electrons. The number of hydrazone groups is 1. The van der Waals surface area contributed by atoms with E-state index in [4.69, 9.17) is 9.47 Å². The monoisotopic (exact) mass is 455 g/mol. The van der Waals surface area contributed by atoms with Gasteiger partial charge in [0, 0.05) is 12.1 Å². The van der Waals surface area contributed by atoms with Crippen molar-refractivity contribution in [1.82, 2.24) is 0 Å². The van der Waals surface area contributed by atoms with E-state index in [0.717, 1.165) is 15.6 Å². The normalized spacial score (nSPS) is 10.7. The van der Waals surface area contributed by atoms with Crippen molar-refractivity contribution < 1.29 is 14.4 Å². The molecule has 3 aromatic carbocycles. The quantitative estimate of drug-likeness (QED) is 0.279. The highest BCUT2D eigenvalue weighted by Gasteiger charge is 2.11. The van der Waals surface area contributed by atoms with Gasteiger partial charge in [0.25, 0.3) is 5.69 Å². The molecule has 0 aliphatic rings. The molecule has 148 valence electrons. The van der Waals surface area contributed by atoms with Crippen LogP contribution in [-0.4, -0.2) is 18.2 Å². The summed E-state index contributed by atoms with van der Waals surface area (Å²) in [6, 6.07) is 19.5. The Morgan fingerprint density at radius 2 is 1.86 bits per heavy atom. The Labute approximate surface area is 176 Å². The van der Waals surface area contributed by atoms with Crippen LogP contribution in [0.3, 0.4) is 0 Å². The van der Waals surface area contributed by atoms with Gasteiger partial charge in [-0.05, 0) is 51.3 Å². The van der Waals surface area contributed by atoms with Crippen molar-refractivity contribution in [3.8, 4) is 11.5 Å². The molecule has 0 bridgehead atoms. The third-order valence-electron chi connectivity index (χ3n) is 3.96. The SMILES string of the molecule is COc1cc(C=NNc2ccc([N+](=O)[O-])cc2)cc(Br)c1OCc1ccccc1. The Bertz CT molecular complexity index is 1010. The Kier molecular flexibility index (Phi) is 6.80. The van der Waals surface area contributed by atoms with Gasteiger partial charge in [-0.25, -0.2) is 0 Å². The Morgan fingerprint density at radius 3 is 2.52 bits per heavy atom. The Hall–Kier alpha value is -3.39. The molecule has 3 aromatic rings. The fourth-order valence-electron chi connectivity index (χ4n) is 2.52. The lowest BCUT2D eigenvalue weighted by Crippen LogP contribution is -2.00. The third kappa shape index (κ3) is 5.55. The summed E-state index contributed by atoms with van der Waals surface area (Å²) >= 11 is 3.52. The first-order valence-corrected chi connectivity index (χ1v) is 9.44. The molecule has 0 amide bonds. The van der Waals surface area contributed by atoms with Crippen molar-refractivity contribution in [2.75, 3.05) is 12.5 Å². The Balaban J connectivity index is 1.69. The molecule has 1 N–H and O–H groups in total. The average molecular weight is 456 g/mol. The van der Waals surface area contributed by atoms with E-state index in [2.05, 4.69) is 26.5 Å². The molecular formula is C21H18BrN3O4. The molecule has 3 rings (SSSR count). The first-order valence-electron chi connectivity index (χ1n) is 8.64. The van der Waals surface area contributed by atoms with Gasteiger partial charge in [0.1, 0.15) is 6.61 Å². The third-order valence-corrected chi connectivity index (χ3v) is 4.55. The van der Waals surface area contributed by atoms with Crippen molar-refractivity contribution in [3.63, 3.8) is 0 Å². The molecule has 0 aliphatic heterocycles. The molecule has 0 saturated heterocycles. The maximum atomic E-state index is 10.7. The van der Waals surface area contributed by atoms with Gasteiger partial charge < -0.3 is 9.47 Å². The van der Waals surface area contributed by atoms with Gasteiger partial charge in [-0.15, -0.1) is 0 Å². The summed E-state index contributed by atoms with van der Waals surface area (Å²) in [6.45, 7) is 0.422. The molecule has 0 aromatic heterocycles. The number of hydrogen-bond donors (Lipinski definition) is 1. The smallest absolute Gasteiger partial charge is 0.269 e. The van der Waals surface area contributed by atoms with Crippen LogP contribution < -0.4 is 14.9 Å². The summed E-state index contributed by atoms with van der Waals surface area (Å²) in [5.74, 6) is 1.18. The molecule has 0 atom stereocenters. The van der Waals surface area contributed by atoms with E-state index in [1.807, 2.05) is 42.5 Å². The molecule has 0 saturated carbocycles. The van der Waals surface area contributed by atoms with Gasteiger partial charge in [-0.3, -0.25) is 15.5 Å². The molecule has 29 heavy (non-hydrogen) atoms. The van der Waals surface area contributed by atoms with E-state index >= 15 is 0 Å². The van der Waals surface area contributed by atoms with Crippen LogP contribution in [0.15, 0.2) is 76.3 Å². The predicted octanol–water partition coefficient (Wildman–Crippen LogP) is 5.39. The zero-order chi connectivity index (χ0) is 20.6. The van der Waals surface area contributed by atoms with Crippen LogP contribution in [0.25, 0.3) is 0 Å². The number of nitrogens with one attached hydrogen (secondary N) is 1. The minimum atomic E-state index is -0.446. The number of nitro benzene ring substituents is 1. The lowest BCUT2D eigenvalue weighted by Gasteiger charge is -2.13. The summed E-state index contributed by atoms with van der Waals surface area (Å²) in [5.41, 5.74) is 5.35. The van der Waals surface area contributed by atoms with Gasteiger partial charge in [-0.1, -0.05) is 30.3 Å². The molecule has 7 nitrogen and oxygen atoms in total. The maximum Gasteiger partial charge on any atom is 0.269 e. The Morgan fingerprint density at radius 1 is 1.14 bits per heavy atom. The van der Waals surface area contributed by atoms with Crippen molar-refractivity contribution in [1.29, 1.82) is 0 Å². The van der Waals surface area contributed by atoms with E-state index < -0.39 is 4.92 Å². The van der Waals surface area contributed by atoms with E-state index in [-0.39, 0.29) is 5.69 Å². The number of halogens is 1. The van der Waals surface area contributed by atoms with Gasteiger partial charge in [-0.2, -0.15) is 5.10 Å². The number of non-ortho nitro benzene ring substituents is 1. The van der Waals surface area contributed by atoms with Crippen molar-refractivity contribution in [3.05, 3.63) is 92.4 Å². The second kappa shape index (κ2) is 9.70. The van der Waals surface area contributed by atoms with Crippen LogP contribution in [0.1, 0.15) is 11.1 Å². The molecule has 0 aliphatic carbocycles. The minimum Gasteiger partial charge on any atom is -0.493 e. The van der Waals surface area contributed by atoms with Crippen LogP contribution in [-0.2, 0) is 6.61 Å². The zero-order valence-corrected chi connectivity index (χ0v) is 17.1. The number of benzene rings is 3. The second-order valence-electron chi connectivity index (χ2n) is 5.98. The van der Waals surface area contributed by atoms with Crippen molar-refractivity contribution in [2.24, 2.45) is 5.10 Å². The van der Waals surface area contributed by atoms with Crippen LogP contribution in [0.4, 0.5) is 11.4 Å². The summed E-state index contributed by atoms with van der Waals surface area (Å²) in [6.07, 6.45) is 1.62. The number of anilines is 1. The highest BCUT2D eigenvalue weighted by Crippen LogP contribution is 2.36. The molecule has 0 unspecified atom stereocenters. The fraction of sp³-hybridized carbons (Fsp3) is 0.0952. The molecule has 0 spiro atoms. The number of rotatable bonds is 8. The summed E-state index contributed by atoms with van der Waals surface area (Å²) in [7, 11) is 1.58. The fourth-order valence-corrected chi connectivity index (χ4v) is 3.10. The van der Waals surface area contributed by atoms with Crippen LogP contribution in [0.2, 0.25) is 0 Å². The van der Waals surface area contributed by atoms with Gasteiger partial charge in [0.2, 0.25) is 0 Å². The van der Waals surface area contributed by atoms with Gasteiger partial charge in [0.05, 0.1) is 28.4 Å². The molecule has 0 fully saturated rings. The van der Waals surface area contributed by atoms with Gasteiger partial charge in [0.15, 0.2) is 11.5 Å². The van der Waals surface area contributed by atoms with Gasteiger partial charge >= 0.3 is 0 Å². The number of ether oxygens (including phenoxy) is 2. The summed E-state index contributed by atoms with van der Waals surface area (Å²) < 4.78 is 12.1. The molecule has 0 heterocycles. The first kappa shape index (κ1) is 20.3. The van der Waals surface area contributed by atoms with Crippen LogP contribution >= 0.6 is 15.9 Å². The lowest BCUT2D eigenvalue weighted by molar-refractivity contribution is -0.384. The van der Waals surface area contributed by atoms with E-state index in [1.54, 1.807) is 25.5 Å². The average Bonchev–Trinajstić information content (AvgIpc) is 2.73. The molecule has 8 heteroatoms. The maximum absolute atomic E-state index is 10.7. The number of nitro groups is 1. The van der Waals surface area contributed by atoms with Crippen molar-refractivity contribution in [2.45, 2.75) is 6.61 Å². The number of methoxy groups -OCH3 is 1. The standard InChI is InChI=1S/C21H18BrN3O4/c1-28-20-12-16(13-23-24-17-7-9-18(10-8-17)25(26)27)11-19(22)21(20)29-14-15-5-3-2-4-6-15/h2-13,24H,14H2,1H3. The van der Waals surface area contributed by atoms with Crippen LogP contribution in [0.5, 0.6) is 11.5 Å². The van der Waals surface area contributed by atoms with E-state index in [1.165, 1.54) is 12.1 Å². The topological polar surface area (TPSA) is 86.0 Å². The highest BCUT2D eigenvalue weighted by atomic mass is 79.9. The number of hydrogen-bond acceptors (Lipinski definition) is 6. The predicted molar refractivity (Wildman–Crippen MR) is 116 cm³/mol. The van der Waals surface area contributed by atoms with Crippen LogP contribution in [0, 0.1) is 10.1 Å². The van der Waals surface area contributed by atoms with E-state index in [9.17, 15) is 10.1 Å².